The molecule has 2 aromatic rings. The fraction of sp³-hybridized carbons (Fsp3) is 0.176. The van der Waals surface area contributed by atoms with Gasteiger partial charge in [-0.15, -0.1) is 0 Å². The van der Waals surface area contributed by atoms with Crippen molar-refractivity contribution >= 4 is 40.1 Å². The molecule has 1 aliphatic rings. The Morgan fingerprint density at radius 1 is 0.846 bits per heavy atom. The van der Waals surface area contributed by atoms with E-state index in [1.807, 2.05) is 12.1 Å². The Morgan fingerprint density at radius 2 is 1.23 bits per heavy atom. The summed E-state index contributed by atoms with van der Waals surface area (Å²) < 4.78 is 52.1. The average Bonchev–Trinajstić information content (AvgIpc) is 3.03. The van der Waals surface area contributed by atoms with Crippen LogP contribution in [-0.2, 0) is 40.6 Å². The standard InChI is InChI=1S/C17H15O6PS2/c1-21-24(18)22-14(16(25-19)12-8-4-2-5-9-12)15(23-24)17(26-20)13-10-6-3-7-11-13/h2-11,14-15H,1H3. The van der Waals surface area contributed by atoms with Crippen molar-refractivity contribution in [3.63, 3.8) is 0 Å². The zero-order valence-electron chi connectivity index (χ0n) is 13.6. The fourth-order valence-electron chi connectivity index (χ4n) is 2.59. The summed E-state index contributed by atoms with van der Waals surface area (Å²) in [6, 6.07) is 17.7. The fourth-order valence-corrected chi connectivity index (χ4v) is 4.95. The molecule has 2 aromatic carbocycles. The van der Waals surface area contributed by atoms with E-state index in [2.05, 4.69) is 0 Å². The van der Waals surface area contributed by atoms with E-state index in [0.717, 1.165) is 0 Å². The van der Waals surface area contributed by atoms with Crippen molar-refractivity contribution in [1.29, 1.82) is 0 Å². The minimum atomic E-state index is -3.88. The topological polar surface area (TPSA) is 78.9 Å². The summed E-state index contributed by atoms with van der Waals surface area (Å²) in [7, 11) is -2.69. The van der Waals surface area contributed by atoms with Gasteiger partial charge in [-0.05, 0) is 11.1 Å². The van der Waals surface area contributed by atoms with Gasteiger partial charge in [0.25, 0.3) is 0 Å². The molecule has 0 radical (unpaired) electrons. The van der Waals surface area contributed by atoms with Gasteiger partial charge in [-0.1, -0.05) is 60.7 Å². The van der Waals surface area contributed by atoms with Gasteiger partial charge in [-0.2, -0.15) is 0 Å². The second kappa shape index (κ2) is 8.35. The van der Waals surface area contributed by atoms with Crippen LogP contribution in [0.4, 0.5) is 0 Å². The van der Waals surface area contributed by atoms with Crippen LogP contribution in [0, 0.1) is 0 Å². The number of phosphoric ester groups is 1. The summed E-state index contributed by atoms with van der Waals surface area (Å²) in [6.45, 7) is 0. The summed E-state index contributed by atoms with van der Waals surface area (Å²) in [5, 5.41) is 0. The first-order chi connectivity index (χ1) is 12.6. The smallest absolute Gasteiger partial charge is 0.290 e. The van der Waals surface area contributed by atoms with E-state index in [1.54, 1.807) is 48.5 Å². The number of benzene rings is 2. The zero-order chi connectivity index (χ0) is 18.6. The van der Waals surface area contributed by atoms with Crippen LogP contribution < -0.4 is 0 Å². The third-order valence-electron chi connectivity index (χ3n) is 3.80. The minimum absolute atomic E-state index is 0.219. The van der Waals surface area contributed by atoms with Crippen LogP contribution in [0.15, 0.2) is 60.7 Å². The number of phosphoric acid groups is 1. The highest BCUT2D eigenvalue weighted by molar-refractivity contribution is 7.68. The summed E-state index contributed by atoms with van der Waals surface area (Å²) in [5.41, 5.74) is 1.22. The van der Waals surface area contributed by atoms with Crippen LogP contribution in [0.5, 0.6) is 0 Å². The largest absolute Gasteiger partial charge is 0.475 e. The lowest BCUT2D eigenvalue weighted by molar-refractivity contribution is 0.217. The van der Waals surface area contributed by atoms with Crippen molar-refractivity contribution in [2.24, 2.45) is 0 Å². The molecule has 0 amide bonds. The van der Waals surface area contributed by atoms with Crippen molar-refractivity contribution in [1.82, 2.24) is 0 Å². The molecule has 26 heavy (non-hydrogen) atoms. The van der Waals surface area contributed by atoms with E-state index < -0.39 is 20.0 Å². The average molecular weight is 410 g/mol. The molecule has 0 aromatic heterocycles. The van der Waals surface area contributed by atoms with Crippen molar-refractivity contribution in [2.75, 3.05) is 7.11 Å². The Morgan fingerprint density at radius 3 is 1.54 bits per heavy atom. The van der Waals surface area contributed by atoms with E-state index in [9.17, 15) is 13.0 Å². The molecule has 1 saturated heterocycles. The molecule has 136 valence electrons. The van der Waals surface area contributed by atoms with Crippen LogP contribution in [0.25, 0.3) is 0 Å². The highest BCUT2D eigenvalue weighted by atomic mass is 32.1. The molecule has 0 bridgehead atoms. The van der Waals surface area contributed by atoms with Crippen LogP contribution in [0.1, 0.15) is 11.1 Å². The molecular formula is C17H15O6PS2. The lowest BCUT2D eigenvalue weighted by atomic mass is 9.98. The van der Waals surface area contributed by atoms with Crippen molar-refractivity contribution in [2.45, 2.75) is 12.2 Å². The van der Waals surface area contributed by atoms with Gasteiger partial charge in [0.1, 0.15) is 12.2 Å². The molecule has 1 aliphatic heterocycles. The molecule has 0 aliphatic carbocycles. The van der Waals surface area contributed by atoms with Crippen LogP contribution in [0.3, 0.4) is 0 Å². The molecule has 2 unspecified atom stereocenters. The second-order valence-electron chi connectivity index (χ2n) is 5.31. The Hall–Kier alpha value is -1.67. The molecule has 3 rings (SSSR count). The lowest BCUT2D eigenvalue weighted by Gasteiger charge is -2.17. The van der Waals surface area contributed by atoms with Gasteiger partial charge in [0.05, 0.1) is 32.2 Å². The van der Waals surface area contributed by atoms with Gasteiger partial charge in [0.15, 0.2) is 0 Å². The Labute approximate surface area is 157 Å². The molecular weight excluding hydrogens is 395 g/mol. The van der Waals surface area contributed by atoms with Gasteiger partial charge in [-0.3, -0.25) is 13.6 Å². The lowest BCUT2D eigenvalue weighted by Crippen LogP contribution is -2.38. The summed E-state index contributed by atoms with van der Waals surface area (Å²) in [4.78, 5) is 0.542. The quantitative estimate of drug-likeness (QED) is 0.428. The second-order valence-corrected chi connectivity index (χ2v) is 8.20. The summed E-state index contributed by atoms with van der Waals surface area (Å²) in [6.07, 6.45) is -2.02. The third-order valence-corrected chi connectivity index (χ3v) is 6.51. The molecule has 0 N–H and O–H groups in total. The van der Waals surface area contributed by atoms with Crippen molar-refractivity contribution in [3.8, 4) is 0 Å². The van der Waals surface area contributed by atoms with E-state index in [4.69, 9.17) is 13.6 Å². The molecule has 9 heteroatoms. The van der Waals surface area contributed by atoms with E-state index in [0.29, 0.717) is 11.1 Å². The van der Waals surface area contributed by atoms with E-state index in [-0.39, 0.29) is 32.2 Å². The van der Waals surface area contributed by atoms with Crippen LogP contribution >= 0.6 is 7.82 Å². The number of hydrogen-bond acceptors (Lipinski definition) is 6. The Bertz CT molecular complexity index is 863. The van der Waals surface area contributed by atoms with Crippen molar-refractivity contribution < 1.29 is 26.6 Å². The van der Waals surface area contributed by atoms with Gasteiger partial charge >= 0.3 is 7.82 Å². The van der Waals surface area contributed by atoms with E-state index in [1.165, 1.54) is 7.11 Å². The highest BCUT2D eigenvalue weighted by Crippen LogP contribution is 2.57. The first kappa shape index (κ1) is 19.1. The third kappa shape index (κ3) is 3.86. The first-order valence-corrected chi connectivity index (χ1v) is 10.5. The molecule has 0 saturated carbocycles. The van der Waals surface area contributed by atoms with Gasteiger partial charge < -0.3 is 0 Å². The molecule has 1 fully saturated rings. The van der Waals surface area contributed by atoms with Gasteiger partial charge in [0, 0.05) is 7.11 Å². The summed E-state index contributed by atoms with van der Waals surface area (Å²) >= 11 is 0.437. The maximum absolute atomic E-state index is 12.6. The predicted molar refractivity (Wildman–Crippen MR) is 102 cm³/mol. The molecule has 2 atom stereocenters. The van der Waals surface area contributed by atoms with Crippen LogP contribution in [-0.4, -0.2) is 37.5 Å². The van der Waals surface area contributed by atoms with Crippen LogP contribution in [0.2, 0.25) is 0 Å². The summed E-state index contributed by atoms with van der Waals surface area (Å²) in [5.74, 6) is 0. The number of hydrogen-bond donors (Lipinski definition) is 0. The van der Waals surface area contributed by atoms with Gasteiger partial charge in [0.2, 0.25) is 0 Å². The molecule has 1 heterocycles. The number of rotatable bonds is 5. The molecule has 6 nitrogen and oxygen atoms in total. The maximum atomic E-state index is 12.6. The van der Waals surface area contributed by atoms with E-state index >= 15 is 0 Å². The zero-order valence-corrected chi connectivity index (χ0v) is 16.2. The SMILES string of the molecule is COP1(=O)OC(C(=S=O)c2ccccc2)C(C(=S=O)c2ccccc2)O1. The monoisotopic (exact) mass is 410 g/mol. The molecule has 0 spiro atoms. The van der Waals surface area contributed by atoms with Crippen molar-refractivity contribution in [3.05, 3.63) is 71.8 Å². The Kier molecular flexibility index (Phi) is 6.13. The minimum Gasteiger partial charge on any atom is -0.290 e. The normalized spacial score (nSPS) is 24.8. The van der Waals surface area contributed by atoms with Gasteiger partial charge in [-0.25, -0.2) is 13.0 Å². The highest BCUT2D eigenvalue weighted by Gasteiger charge is 2.50. The Balaban J connectivity index is 2.08. The maximum Gasteiger partial charge on any atom is 0.475 e. The first-order valence-electron chi connectivity index (χ1n) is 7.58. The predicted octanol–water partition coefficient (Wildman–Crippen LogP) is 2.39.